The van der Waals surface area contributed by atoms with Crippen molar-refractivity contribution >= 4 is 28.7 Å². The Hall–Kier alpha value is -4.11. The highest BCUT2D eigenvalue weighted by Crippen LogP contribution is 2.34. The zero-order valence-corrected chi connectivity index (χ0v) is 19.3. The van der Waals surface area contributed by atoms with Crippen LogP contribution in [0.3, 0.4) is 0 Å². The Balaban J connectivity index is 1.31. The lowest BCUT2D eigenvalue weighted by molar-refractivity contribution is -0.115. The molecule has 0 atom stereocenters. The highest BCUT2D eigenvalue weighted by Gasteiger charge is 2.20. The second-order valence-electron chi connectivity index (χ2n) is 8.65. The Morgan fingerprint density at radius 1 is 1.14 bits per heavy atom. The average Bonchev–Trinajstić information content (AvgIpc) is 3.50. The van der Waals surface area contributed by atoms with Gasteiger partial charge in [-0.2, -0.15) is 0 Å². The molecule has 0 radical (unpaired) electrons. The van der Waals surface area contributed by atoms with E-state index in [0.29, 0.717) is 42.6 Å². The van der Waals surface area contributed by atoms with Crippen LogP contribution >= 0.6 is 0 Å². The van der Waals surface area contributed by atoms with Crippen molar-refractivity contribution in [2.45, 2.75) is 25.4 Å². The summed E-state index contributed by atoms with van der Waals surface area (Å²) in [6, 6.07) is 11.7. The van der Waals surface area contributed by atoms with E-state index in [-0.39, 0.29) is 12.0 Å². The number of hydrogen-bond donors (Lipinski definition) is 2. The normalized spacial score (nSPS) is 15.6. The minimum Gasteiger partial charge on any atom is -0.493 e. The summed E-state index contributed by atoms with van der Waals surface area (Å²) in [6.07, 6.45) is 7.81. The van der Waals surface area contributed by atoms with E-state index in [2.05, 4.69) is 15.6 Å². The molecule has 178 valence electrons. The van der Waals surface area contributed by atoms with Crippen LogP contribution in [0.4, 0.5) is 17.2 Å². The summed E-state index contributed by atoms with van der Waals surface area (Å²) in [6.45, 7) is 1.43. The quantitative estimate of drug-likeness (QED) is 0.435. The SMILES string of the molecule is COc1cc(Nc2nc(-c3ccc4c(c3)NC(=O)C4)cn3ccnc23)ccc1OC1CCOCC1. The molecule has 35 heavy (non-hydrogen) atoms. The van der Waals surface area contributed by atoms with Crippen LogP contribution in [0.1, 0.15) is 18.4 Å². The molecule has 1 fully saturated rings. The smallest absolute Gasteiger partial charge is 0.228 e. The largest absolute Gasteiger partial charge is 0.493 e. The van der Waals surface area contributed by atoms with Gasteiger partial charge in [0.15, 0.2) is 23.0 Å². The molecule has 2 N–H and O–H groups in total. The number of anilines is 3. The van der Waals surface area contributed by atoms with Gasteiger partial charge in [-0.05, 0) is 23.8 Å². The van der Waals surface area contributed by atoms with Gasteiger partial charge in [-0.1, -0.05) is 12.1 Å². The van der Waals surface area contributed by atoms with Gasteiger partial charge in [0.25, 0.3) is 0 Å². The molecule has 1 amide bonds. The molecule has 0 unspecified atom stereocenters. The summed E-state index contributed by atoms with van der Waals surface area (Å²) in [5, 5.41) is 6.30. The van der Waals surface area contributed by atoms with Gasteiger partial charge in [0.2, 0.25) is 5.91 Å². The summed E-state index contributed by atoms with van der Waals surface area (Å²) >= 11 is 0. The zero-order chi connectivity index (χ0) is 23.8. The lowest BCUT2D eigenvalue weighted by atomic mass is 10.1. The molecule has 6 rings (SSSR count). The molecular weight excluding hydrogens is 446 g/mol. The molecule has 0 aliphatic carbocycles. The minimum absolute atomic E-state index is 0.00993. The van der Waals surface area contributed by atoms with Gasteiger partial charge in [0, 0.05) is 54.4 Å². The fourth-order valence-electron chi connectivity index (χ4n) is 4.48. The maximum Gasteiger partial charge on any atom is 0.228 e. The lowest BCUT2D eigenvalue weighted by Gasteiger charge is -2.24. The maximum absolute atomic E-state index is 11.8. The third kappa shape index (κ3) is 4.26. The first-order chi connectivity index (χ1) is 17.2. The summed E-state index contributed by atoms with van der Waals surface area (Å²) < 4.78 is 19.1. The fraction of sp³-hybridized carbons (Fsp3) is 0.269. The van der Waals surface area contributed by atoms with Crippen LogP contribution in [0.2, 0.25) is 0 Å². The van der Waals surface area contributed by atoms with Crippen LogP contribution in [0, 0.1) is 0 Å². The number of rotatable bonds is 6. The summed E-state index contributed by atoms with van der Waals surface area (Å²) in [5.41, 5.74) is 4.99. The molecule has 0 saturated carbocycles. The van der Waals surface area contributed by atoms with E-state index >= 15 is 0 Å². The summed E-state index contributed by atoms with van der Waals surface area (Å²) in [4.78, 5) is 21.1. The summed E-state index contributed by atoms with van der Waals surface area (Å²) in [7, 11) is 1.63. The molecule has 9 heteroatoms. The highest BCUT2D eigenvalue weighted by molar-refractivity contribution is 5.99. The predicted octanol–water partition coefficient (Wildman–Crippen LogP) is 4.20. The predicted molar refractivity (Wildman–Crippen MR) is 132 cm³/mol. The van der Waals surface area contributed by atoms with E-state index in [1.54, 1.807) is 13.3 Å². The van der Waals surface area contributed by atoms with Crippen molar-refractivity contribution in [1.82, 2.24) is 14.4 Å². The van der Waals surface area contributed by atoms with Crippen LogP contribution in [-0.2, 0) is 16.0 Å². The molecule has 4 heterocycles. The van der Waals surface area contributed by atoms with Crippen molar-refractivity contribution in [1.29, 1.82) is 0 Å². The lowest BCUT2D eigenvalue weighted by Crippen LogP contribution is -2.26. The summed E-state index contributed by atoms with van der Waals surface area (Å²) in [5.74, 6) is 1.97. The van der Waals surface area contributed by atoms with Crippen molar-refractivity contribution in [3.05, 3.63) is 60.6 Å². The first-order valence-corrected chi connectivity index (χ1v) is 11.6. The van der Waals surface area contributed by atoms with Crippen LogP contribution in [0.15, 0.2) is 55.0 Å². The number of carbonyl (C=O) groups is 1. The number of imidazole rings is 1. The number of nitrogens with one attached hydrogen (secondary N) is 2. The van der Waals surface area contributed by atoms with E-state index < -0.39 is 0 Å². The average molecular weight is 472 g/mol. The number of fused-ring (bicyclic) bond motifs is 2. The molecule has 9 nitrogen and oxygen atoms in total. The van der Waals surface area contributed by atoms with E-state index in [9.17, 15) is 4.79 Å². The van der Waals surface area contributed by atoms with Gasteiger partial charge >= 0.3 is 0 Å². The standard InChI is InChI=1S/C26H25N5O4/c1-33-23-14-18(4-5-22(23)35-19-6-10-34-11-7-19)28-25-26-27-8-9-31(26)15-21(30-25)16-2-3-17-13-24(32)29-20(17)12-16/h2-5,8-9,12,14-15,19H,6-7,10-11,13H2,1H3,(H,28,30)(H,29,32). The minimum atomic E-state index is 0.00993. The van der Waals surface area contributed by atoms with E-state index in [1.165, 1.54) is 0 Å². The monoisotopic (exact) mass is 471 g/mol. The number of aromatic nitrogens is 3. The molecular formula is C26H25N5O4. The Morgan fingerprint density at radius 3 is 2.89 bits per heavy atom. The molecule has 2 aromatic carbocycles. The van der Waals surface area contributed by atoms with Crippen LogP contribution < -0.4 is 20.1 Å². The molecule has 0 bridgehead atoms. The maximum atomic E-state index is 11.8. The fourth-order valence-corrected chi connectivity index (χ4v) is 4.48. The molecule has 1 saturated heterocycles. The molecule has 4 aromatic rings. The van der Waals surface area contributed by atoms with Crippen molar-refractivity contribution in [3.63, 3.8) is 0 Å². The van der Waals surface area contributed by atoms with Gasteiger partial charge in [0.05, 0.1) is 32.4 Å². The molecule has 2 aliphatic heterocycles. The second kappa shape index (κ2) is 8.92. The first-order valence-electron chi connectivity index (χ1n) is 11.6. The molecule has 0 spiro atoms. The Morgan fingerprint density at radius 2 is 2.03 bits per heavy atom. The van der Waals surface area contributed by atoms with E-state index in [1.807, 2.05) is 53.2 Å². The number of methoxy groups -OCH3 is 1. The van der Waals surface area contributed by atoms with Crippen LogP contribution in [-0.4, -0.2) is 46.7 Å². The highest BCUT2D eigenvalue weighted by atomic mass is 16.5. The van der Waals surface area contributed by atoms with E-state index in [4.69, 9.17) is 19.2 Å². The topological polar surface area (TPSA) is 99.0 Å². The van der Waals surface area contributed by atoms with Gasteiger partial charge in [-0.15, -0.1) is 0 Å². The third-order valence-electron chi connectivity index (χ3n) is 6.29. The zero-order valence-electron chi connectivity index (χ0n) is 19.3. The van der Waals surface area contributed by atoms with Crippen LogP contribution in [0.5, 0.6) is 11.5 Å². The number of benzene rings is 2. The second-order valence-corrected chi connectivity index (χ2v) is 8.65. The van der Waals surface area contributed by atoms with Crippen molar-refractivity contribution < 1.29 is 19.0 Å². The van der Waals surface area contributed by atoms with E-state index in [0.717, 1.165) is 41.0 Å². The molecule has 2 aromatic heterocycles. The Bertz CT molecular complexity index is 1410. The third-order valence-corrected chi connectivity index (χ3v) is 6.29. The Kier molecular flexibility index (Phi) is 5.46. The van der Waals surface area contributed by atoms with Gasteiger partial charge in [-0.25, -0.2) is 9.97 Å². The van der Waals surface area contributed by atoms with Gasteiger partial charge in [0.1, 0.15) is 6.10 Å². The van der Waals surface area contributed by atoms with Gasteiger partial charge in [-0.3, -0.25) is 4.79 Å². The van der Waals surface area contributed by atoms with Crippen molar-refractivity contribution in [2.24, 2.45) is 0 Å². The Labute approximate surface area is 202 Å². The number of ether oxygens (including phenoxy) is 3. The van der Waals surface area contributed by atoms with Crippen molar-refractivity contribution in [2.75, 3.05) is 31.0 Å². The number of amides is 1. The molecule has 2 aliphatic rings. The first kappa shape index (κ1) is 21.4. The van der Waals surface area contributed by atoms with Crippen molar-refractivity contribution in [3.8, 4) is 22.8 Å². The van der Waals surface area contributed by atoms with Crippen LogP contribution in [0.25, 0.3) is 16.9 Å². The number of nitrogens with zero attached hydrogens (tertiary/aromatic N) is 3. The van der Waals surface area contributed by atoms with Gasteiger partial charge < -0.3 is 29.2 Å². The number of carbonyl (C=O) groups excluding carboxylic acids is 1. The number of hydrogen-bond acceptors (Lipinski definition) is 7.